The molecule has 1 aromatic rings. The monoisotopic (exact) mass is 359 g/mol. The van der Waals surface area contributed by atoms with Crippen molar-refractivity contribution in [2.75, 3.05) is 26.3 Å². The Morgan fingerprint density at radius 2 is 2.21 bits per heavy atom. The molecule has 0 aliphatic carbocycles. The Morgan fingerprint density at radius 1 is 1.46 bits per heavy atom. The highest BCUT2D eigenvalue weighted by Crippen LogP contribution is 2.22. The van der Waals surface area contributed by atoms with Crippen molar-refractivity contribution < 1.29 is 19.4 Å². The van der Waals surface area contributed by atoms with Crippen molar-refractivity contribution in [1.29, 1.82) is 0 Å². The van der Waals surface area contributed by atoms with Crippen molar-refractivity contribution in [3.63, 3.8) is 0 Å². The molecular formula is C16H26ClN3O4. The molecule has 0 saturated carbocycles. The molecule has 1 heterocycles. The number of alkyl carbamates (subject to hydrolysis) is 1. The average Bonchev–Trinajstić information content (AvgIpc) is 2.52. The van der Waals surface area contributed by atoms with Crippen LogP contribution in [0, 0.1) is 0 Å². The predicted octanol–water partition coefficient (Wildman–Crippen LogP) is 1.76. The van der Waals surface area contributed by atoms with Crippen LogP contribution >= 0.6 is 11.6 Å². The second kappa shape index (κ2) is 11.1. The van der Waals surface area contributed by atoms with E-state index in [0.29, 0.717) is 37.2 Å². The summed E-state index contributed by atoms with van der Waals surface area (Å²) < 4.78 is 10.2. The maximum atomic E-state index is 11.2. The van der Waals surface area contributed by atoms with E-state index < -0.39 is 12.2 Å². The van der Waals surface area contributed by atoms with E-state index in [9.17, 15) is 9.90 Å². The number of amides is 1. The first kappa shape index (κ1) is 20.5. The Hall–Kier alpha value is -1.57. The number of aliphatic hydroxyl groups is 1. The van der Waals surface area contributed by atoms with Gasteiger partial charge in [0.15, 0.2) is 0 Å². The van der Waals surface area contributed by atoms with Gasteiger partial charge in [0.25, 0.3) is 0 Å². The fourth-order valence-electron chi connectivity index (χ4n) is 1.80. The van der Waals surface area contributed by atoms with Crippen molar-refractivity contribution in [3.05, 3.63) is 22.8 Å². The van der Waals surface area contributed by atoms with E-state index in [1.165, 1.54) is 0 Å². The van der Waals surface area contributed by atoms with Gasteiger partial charge >= 0.3 is 6.09 Å². The minimum atomic E-state index is -0.640. The predicted molar refractivity (Wildman–Crippen MR) is 92.6 cm³/mol. The van der Waals surface area contributed by atoms with Crippen LogP contribution in [0.3, 0.4) is 0 Å². The number of nitrogens with zero attached hydrogens (tertiary/aromatic N) is 1. The van der Waals surface area contributed by atoms with E-state index >= 15 is 0 Å². The molecule has 1 unspecified atom stereocenters. The number of carbonyl (C=O) groups excluding carboxylic acids is 1. The second-order valence-corrected chi connectivity index (χ2v) is 5.96. The number of aliphatic hydroxyl groups excluding tert-OH is 1. The number of pyridine rings is 1. The molecule has 8 heteroatoms. The van der Waals surface area contributed by atoms with Gasteiger partial charge in [0.05, 0.1) is 6.61 Å². The minimum Gasteiger partial charge on any atom is -0.474 e. The third-order valence-electron chi connectivity index (χ3n) is 3.00. The summed E-state index contributed by atoms with van der Waals surface area (Å²) in [6.07, 6.45) is 1.12. The highest BCUT2D eigenvalue weighted by Gasteiger charge is 2.10. The van der Waals surface area contributed by atoms with Crippen LogP contribution in [0.2, 0.25) is 5.02 Å². The molecule has 136 valence electrons. The Bertz CT molecular complexity index is 514. The van der Waals surface area contributed by atoms with Gasteiger partial charge in [-0.1, -0.05) is 25.4 Å². The van der Waals surface area contributed by atoms with Gasteiger partial charge in [0.2, 0.25) is 5.88 Å². The third-order valence-corrected chi connectivity index (χ3v) is 3.27. The van der Waals surface area contributed by atoms with Gasteiger partial charge < -0.3 is 25.2 Å². The first-order chi connectivity index (χ1) is 11.4. The van der Waals surface area contributed by atoms with Gasteiger partial charge in [-0.3, -0.25) is 0 Å². The fourth-order valence-corrected chi connectivity index (χ4v) is 2.05. The van der Waals surface area contributed by atoms with Crippen molar-refractivity contribution in [2.24, 2.45) is 0 Å². The molecule has 0 saturated heterocycles. The molecule has 0 aromatic carbocycles. The molecular weight excluding hydrogens is 334 g/mol. The van der Waals surface area contributed by atoms with Gasteiger partial charge in [-0.25, -0.2) is 9.78 Å². The molecule has 3 N–H and O–H groups in total. The van der Waals surface area contributed by atoms with E-state index in [4.69, 9.17) is 21.1 Å². The first-order valence-corrected chi connectivity index (χ1v) is 8.39. The van der Waals surface area contributed by atoms with Crippen LogP contribution in [-0.4, -0.2) is 54.6 Å². The van der Waals surface area contributed by atoms with Gasteiger partial charge in [0, 0.05) is 25.3 Å². The van der Waals surface area contributed by atoms with Crippen molar-refractivity contribution in [1.82, 2.24) is 15.6 Å². The average molecular weight is 360 g/mol. The summed E-state index contributed by atoms with van der Waals surface area (Å²) >= 11 is 6.13. The molecule has 1 atom stereocenters. The number of aromatic nitrogens is 1. The van der Waals surface area contributed by atoms with E-state index in [0.717, 1.165) is 5.56 Å². The molecule has 0 spiro atoms. The summed E-state index contributed by atoms with van der Waals surface area (Å²) in [5, 5.41) is 15.9. The van der Waals surface area contributed by atoms with Crippen LogP contribution in [-0.2, 0) is 11.2 Å². The number of hydrogen-bond acceptors (Lipinski definition) is 6. The first-order valence-electron chi connectivity index (χ1n) is 8.01. The van der Waals surface area contributed by atoms with Crippen LogP contribution in [0.25, 0.3) is 0 Å². The van der Waals surface area contributed by atoms with Crippen LogP contribution in [0.5, 0.6) is 5.88 Å². The summed E-state index contributed by atoms with van der Waals surface area (Å²) in [5.41, 5.74) is 0.867. The Balaban J connectivity index is 2.39. The Labute approximate surface area is 147 Å². The van der Waals surface area contributed by atoms with Gasteiger partial charge in [-0.2, -0.15) is 0 Å². The molecule has 0 radical (unpaired) electrons. The summed E-state index contributed by atoms with van der Waals surface area (Å²) in [6.45, 7) is 7.06. The molecule has 1 amide bonds. The van der Waals surface area contributed by atoms with E-state index in [1.54, 1.807) is 19.2 Å². The second-order valence-electron chi connectivity index (χ2n) is 5.56. The standard InChI is InChI=1S/C16H26ClN3O4/c1-4-23-16(22)18-6-5-12-7-14(17)15(20-8-12)24-10-13(21)9-19-11(2)3/h7-8,11,13,19,21H,4-6,9-10H2,1-3H3,(H,18,22). The molecule has 0 aliphatic rings. The normalized spacial score (nSPS) is 12.1. The van der Waals surface area contributed by atoms with Gasteiger partial charge in [-0.15, -0.1) is 0 Å². The maximum absolute atomic E-state index is 11.2. The number of ether oxygens (including phenoxy) is 2. The summed E-state index contributed by atoms with van der Waals surface area (Å²) in [6, 6.07) is 2.03. The topological polar surface area (TPSA) is 92.7 Å². The minimum absolute atomic E-state index is 0.107. The number of hydrogen-bond donors (Lipinski definition) is 3. The molecule has 0 bridgehead atoms. The van der Waals surface area contributed by atoms with Crippen LogP contribution in [0.4, 0.5) is 4.79 Å². The van der Waals surface area contributed by atoms with Gasteiger partial charge in [0.1, 0.15) is 17.7 Å². The van der Waals surface area contributed by atoms with Crippen molar-refractivity contribution >= 4 is 17.7 Å². The number of carbonyl (C=O) groups is 1. The van der Waals surface area contributed by atoms with Crippen LogP contribution in [0.15, 0.2) is 12.3 Å². The summed E-state index contributed by atoms with van der Waals surface area (Å²) in [4.78, 5) is 15.3. The SMILES string of the molecule is CCOC(=O)NCCc1cnc(OCC(O)CNC(C)C)c(Cl)c1. The Kier molecular flexibility index (Phi) is 9.44. The zero-order valence-corrected chi connectivity index (χ0v) is 15.1. The molecule has 0 fully saturated rings. The summed E-state index contributed by atoms with van der Waals surface area (Å²) in [7, 11) is 0. The van der Waals surface area contributed by atoms with Gasteiger partial charge in [-0.05, 0) is 25.0 Å². The Morgan fingerprint density at radius 3 is 2.83 bits per heavy atom. The fraction of sp³-hybridized carbons (Fsp3) is 0.625. The molecule has 1 aromatic heterocycles. The largest absolute Gasteiger partial charge is 0.474 e. The lowest BCUT2D eigenvalue weighted by molar-refractivity contribution is 0.102. The quantitative estimate of drug-likeness (QED) is 0.589. The highest BCUT2D eigenvalue weighted by molar-refractivity contribution is 6.31. The smallest absolute Gasteiger partial charge is 0.407 e. The molecule has 24 heavy (non-hydrogen) atoms. The third kappa shape index (κ3) is 8.33. The summed E-state index contributed by atoms with van der Waals surface area (Å²) in [5.74, 6) is 0.280. The lowest BCUT2D eigenvalue weighted by atomic mass is 10.2. The maximum Gasteiger partial charge on any atom is 0.407 e. The highest BCUT2D eigenvalue weighted by atomic mass is 35.5. The lowest BCUT2D eigenvalue weighted by Gasteiger charge is -2.15. The van der Waals surface area contributed by atoms with E-state index in [1.807, 2.05) is 13.8 Å². The number of halogens is 1. The zero-order chi connectivity index (χ0) is 17.9. The lowest BCUT2D eigenvalue weighted by Crippen LogP contribution is -2.35. The zero-order valence-electron chi connectivity index (χ0n) is 14.3. The molecule has 1 rings (SSSR count). The number of nitrogens with one attached hydrogen (secondary N) is 2. The molecule has 0 aliphatic heterocycles. The number of rotatable bonds is 10. The van der Waals surface area contributed by atoms with E-state index in [-0.39, 0.29) is 12.5 Å². The van der Waals surface area contributed by atoms with Crippen LogP contribution in [0.1, 0.15) is 26.3 Å². The van der Waals surface area contributed by atoms with Crippen LogP contribution < -0.4 is 15.4 Å². The van der Waals surface area contributed by atoms with Crippen molar-refractivity contribution in [2.45, 2.75) is 39.3 Å². The van der Waals surface area contributed by atoms with Crippen molar-refractivity contribution in [3.8, 4) is 5.88 Å². The molecule has 7 nitrogen and oxygen atoms in total. The van der Waals surface area contributed by atoms with E-state index in [2.05, 4.69) is 15.6 Å².